The number of alkyl halides is 3. The summed E-state index contributed by atoms with van der Waals surface area (Å²) in [5.41, 5.74) is 1.04. The van der Waals surface area contributed by atoms with E-state index in [1.807, 2.05) is 0 Å². The Hall–Kier alpha value is -2.87. The zero-order chi connectivity index (χ0) is 20.0. The molecule has 0 aromatic heterocycles. The predicted octanol–water partition coefficient (Wildman–Crippen LogP) is 3.75. The van der Waals surface area contributed by atoms with Crippen LogP contribution >= 0.6 is 0 Å². The fraction of sp³-hybridized carbons (Fsp3) is 0.263. The minimum absolute atomic E-state index is 0.0410. The Kier molecular flexibility index (Phi) is 6.57. The molecule has 0 spiro atoms. The topological polar surface area (TPSA) is 75.6 Å². The summed E-state index contributed by atoms with van der Waals surface area (Å²) < 4.78 is 40.9. The summed E-state index contributed by atoms with van der Waals surface area (Å²) in [4.78, 5) is 24.0. The number of carboxylic acids is 1. The number of hydrogen-bond acceptors (Lipinski definition) is 3. The van der Waals surface area contributed by atoms with Crippen LogP contribution in [0.5, 0.6) is 0 Å². The van der Waals surface area contributed by atoms with Gasteiger partial charge >= 0.3 is 12.1 Å². The second-order valence-electron chi connectivity index (χ2n) is 5.90. The van der Waals surface area contributed by atoms with Gasteiger partial charge in [0.2, 0.25) is 0 Å². The number of benzene rings is 2. The fourth-order valence-electron chi connectivity index (χ4n) is 2.52. The average Bonchev–Trinajstić information content (AvgIpc) is 2.60. The van der Waals surface area contributed by atoms with Gasteiger partial charge in [0, 0.05) is 11.6 Å². The van der Waals surface area contributed by atoms with Gasteiger partial charge in [-0.05, 0) is 30.2 Å². The van der Waals surface area contributed by atoms with Gasteiger partial charge in [-0.25, -0.2) is 4.79 Å². The quantitative estimate of drug-likeness (QED) is 0.766. The monoisotopic (exact) mass is 381 g/mol. The van der Waals surface area contributed by atoms with E-state index in [0.717, 1.165) is 0 Å². The Labute approximate surface area is 153 Å². The summed E-state index contributed by atoms with van der Waals surface area (Å²) in [7, 11) is 0. The van der Waals surface area contributed by atoms with Crippen molar-refractivity contribution in [2.24, 2.45) is 0 Å². The average molecular weight is 381 g/mol. The van der Waals surface area contributed by atoms with E-state index in [0.29, 0.717) is 11.1 Å². The van der Waals surface area contributed by atoms with Crippen LogP contribution in [0.15, 0.2) is 48.5 Å². The number of halogens is 3. The standard InChI is InChI=1S/C19H18F3NO4/c1-12(10-27-11-19(20,21)22)23-17(24)15-8-4-2-6-13(15)14-7-3-5-9-16(14)18(25)26/h2-9,12H,10-11H2,1H3,(H,23,24)(H,25,26). The van der Waals surface area contributed by atoms with Gasteiger partial charge in [0.25, 0.3) is 5.91 Å². The van der Waals surface area contributed by atoms with Crippen LogP contribution in [0.2, 0.25) is 0 Å². The van der Waals surface area contributed by atoms with Crippen molar-refractivity contribution in [2.75, 3.05) is 13.2 Å². The number of carbonyl (C=O) groups excluding carboxylic acids is 1. The molecular weight excluding hydrogens is 363 g/mol. The van der Waals surface area contributed by atoms with E-state index in [1.54, 1.807) is 36.4 Å². The predicted molar refractivity (Wildman–Crippen MR) is 92.6 cm³/mol. The van der Waals surface area contributed by atoms with Crippen LogP contribution in [0.3, 0.4) is 0 Å². The molecule has 5 nitrogen and oxygen atoms in total. The maximum atomic E-state index is 12.6. The van der Waals surface area contributed by atoms with Gasteiger partial charge < -0.3 is 15.2 Å². The molecule has 0 fully saturated rings. The summed E-state index contributed by atoms with van der Waals surface area (Å²) in [5, 5.41) is 11.9. The molecule has 144 valence electrons. The highest BCUT2D eigenvalue weighted by Gasteiger charge is 2.28. The summed E-state index contributed by atoms with van der Waals surface area (Å²) in [6.07, 6.45) is -4.43. The Morgan fingerprint density at radius 3 is 2.11 bits per heavy atom. The van der Waals surface area contributed by atoms with Crippen molar-refractivity contribution in [1.29, 1.82) is 0 Å². The zero-order valence-electron chi connectivity index (χ0n) is 14.4. The number of nitrogens with one attached hydrogen (secondary N) is 1. The fourth-order valence-corrected chi connectivity index (χ4v) is 2.52. The van der Waals surface area contributed by atoms with Crippen molar-refractivity contribution in [3.63, 3.8) is 0 Å². The van der Waals surface area contributed by atoms with Gasteiger partial charge in [0.15, 0.2) is 0 Å². The lowest BCUT2D eigenvalue weighted by molar-refractivity contribution is -0.174. The first-order valence-electron chi connectivity index (χ1n) is 8.06. The van der Waals surface area contributed by atoms with Crippen molar-refractivity contribution < 1.29 is 32.6 Å². The minimum Gasteiger partial charge on any atom is -0.478 e. The molecule has 2 aromatic rings. The molecule has 0 aliphatic rings. The largest absolute Gasteiger partial charge is 0.478 e. The first-order chi connectivity index (χ1) is 12.7. The van der Waals surface area contributed by atoms with E-state index < -0.39 is 30.7 Å². The molecule has 2 aromatic carbocycles. The minimum atomic E-state index is -4.43. The maximum absolute atomic E-state index is 12.6. The summed E-state index contributed by atoms with van der Waals surface area (Å²) in [6, 6.07) is 12.0. The van der Waals surface area contributed by atoms with E-state index in [9.17, 15) is 27.9 Å². The van der Waals surface area contributed by atoms with Crippen molar-refractivity contribution >= 4 is 11.9 Å². The molecule has 0 aliphatic heterocycles. The maximum Gasteiger partial charge on any atom is 0.411 e. The Morgan fingerprint density at radius 2 is 1.56 bits per heavy atom. The lowest BCUT2D eigenvalue weighted by Gasteiger charge is -2.17. The summed E-state index contributed by atoms with van der Waals surface area (Å²) in [5.74, 6) is -1.66. The van der Waals surface area contributed by atoms with Gasteiger partial charge in [0.05, 0.1) is 12.2 Å². The molecule has 1 atom stereocenters. The summed E-state index contributed by atoms with van der Waals surface area (Å²) >= 11 is 0. The number of carboxylic acid groups (broad SMARTS) is 1. The molecule has 8 heteroatoms. The number of carbonyl (C=O) groups is 2. The molecule has 0 radical (unpaired) electrons. The highest BCUT2D eigenvalue weighted by Crippen LogP contribution is 2.27. The molecule has 2 rings (SSSR count). The number of amides is 1. The number of rotatable bonds is 7. The molecule has 0 saturated carbocycles. The third-order valence-electron chi connectivity index (χ3n) is 3.63. The van der Waals surface area contributed by atoms with E-state index >= 15 is 0 Å². The normalized spacial score (nSPS) is 12.4. The molecule has 0 heterocycles. The molecule has 27 heavy (non-hydrogen) atoms. The third kappa shape index (κ3) is 5.82. The Bertz CT molecular complexity index is 821. The number of ether oxygens (including phenoxy) is 1. The molecule has 0 saturated heterocycles. The third-order valence-corrected chi connectivity index (χ3v) is 3.63. The number of hydrogen-bond donors (Lipinski definition) is 2. The van der Waals surface area contributed by atoms with Crippen LogP contribution in [0.25, 0.3) is 11.1 Å². The first-order valence-corrected chi connectivity index (χ1v) is 8.06. The Morgan fingerprint density at radius 1 is 1.04 bits per heavy atom. The van der Waals surface area contributed by atoms with Crippen LogP contribution < -0.4 is 5.32 Å². The summed E-state index contributed by atoms with van der Waals surface area (Å²) in [6.45, 7) is -0.184. The van der Waals surface area contributed by atoms with Crippen molar-refractivity contribution in [1.82, 2.24) is 5.32 Å². The highest BCUT2D eigenvalue weighted by molar-refractivity contribution is 6.04. The lowest BCUT2D eigenvalue weighted by Crippen LogP contribution is -2.37. The van der Waals surface area contributed by atoms with E-state index in [-0.39, 0.29) is 17.7 Å². The van der Waals surface area contributed by atoms with Crippen LogP contribution in [0.1, 0.15) is 27.6 Å². The van der Waals surface area contributed by atoms with Gasteiger partial charge in [-0.2, -0.15) is 13.2 Å². The smallest absolute Gasteiger partial charge is 0.411 e. The van der Waals surface area contributed by atoms with Crippen molar-refractivity contribution in [2.45, 2.75) is 19.1 Å². The first kappa shape index (κ1) is 20.4. The van der Waals surface area contributed by atoms with E-state index in [4.69, 9.17) is 0 Å². The molecule has 0 bridgehead atoms. The van der Waals surface area contributed by atoms with Gasteiger partial charge in [-0.1, -0.05) is 36.4 Å². The van der Waals surface area contributed by atoms with Crippen LogP contribution in [-0.2, 0) is 4.74 Å². The second kappa shape index (κ2) is 8.68. The molecular formula is C19H18F3NO4. The van der Waals surface area contributed by atoms with Crippen molar-refractivity contribution in [3.05, 3.63) is 59.7 Å². The van der Waals surface area contributed by atoms with Gasteiger partial charge in [-0.3, -0.25) is 4.79 Å². The van der Waals surface area contributed by atoms with Crippen molar-refractivity contribution in [3.8, 4) is 11.1 Å². The van der Waals surface area contributed by atoms with E-state index in [2.05, 4.69) is 10.1 Å². The molecule has 0 aliphatic carbocycles. The molecule has 1 unspecified atom stereocenters. The molecule has 1 amide bonds. The Balaban J connectivity index is 2.18. The van der Waals surface area contributed by atoms with Crippen LogP contribution in [0, 0.1) is 0 Å². The van der Waals surface area contributed by atoms with Gasteiger partial charge in [-0.15, -0.1) is 0 Å². The van der Waals surface area contributed by atoms with Gasteiger partial charge in [0.1, 0.15) is 6.61 Å². The second-order valence-corrected chi connectivity index (χ2v) is 5.90. The van der Waals surface area contributed by atoms with Crippen LogP contribution in [-0.4, -0.2) is 42.4 Å². The zero-order valence-corrected chi connectivity index (χ0v) is 14.4. The lowest BCUT2D eigenvalue weighted by atomic mass is 9.95. The van der Waals surface area contributed by atoms with E-state index in [1.165, 1.54) is 19.1 Å². The number of aromatic carboxylic acids is 1. The molecule has 2 N–H and O–H groups in total. The SMILES string of the molecule is CC(COCC(F)(F)F)NC(=O)c1ccccc1-c1ccccc1C(=O)O. The van der Waals surface area contributed by atoms with Crippen LogP contribution in [0.4, 0.5) is 13.2 Å². The highest BCUT2D eigenvalue weighted by atomic mass is 19.4.